The Balaban J connectivity index is 2.51. The molecule has 1 aromatic carbocycles. The van der Waals surface area contributed by atoms with Gasteiger partial charge in [-0.05, 0) is 39.7 Å². The number of benzene rings is 1. The lowest BCUT2D eigenvalue weighted by molar-refractivity contribution is -0.161. The topological polar surface area (TPSA) is 49.4 Å². The highest BCUT2D eigenvalue weighted by molar-refractivity contribution is 6.00. The van der Waals surface area contributed by atoms with Crippen molar-refractivity contribution in [1.29, 1.82) is 0 Å². The van der Waals surface area contributed by atoms with Crippen LogP contribution in [0.1, 0.15) is 46.6 Å². The summed E-state index contributed by atoms with van der Waals surface area (Å²) in [6, 6.07) is 8.97. The zero-order chi connectivity index (χ0) is 15.8. The molecule has 114 valence electrons. The van der Waals surface area contributed by atoms with Crippen molar-refractivity contribution in [2.24, 2.45) is 0 Å². The normalized spacial score (nSPS) is 26.7. The van der Waals surface area contributed by atoms with E-state index in [0.717, 1.165) is 12.0 Å². The Labute approximate surface area is 126 Å². The molecule has 1 aliphatic rings. The summed E-state index contributed by atoms with van der Waals surface area (Å²) in [5.74, 6) is -0.157. The zero-order valence-corrected chi connectivity index (χ0v) is 13.4. The molecule has 0 bridgehead atoms. The molecule has 1 saturated heterocycles. The fraction of sp³-hybridized carbons (Fsp3) is 0.529. The van der Waals surface area contributed by atoms with E-state index >= 15 is 0 Å². The molecule has 4 nitrogen and oxygen atoms in total. The third-order valence-corrected chi connectivity index (χ3v) is 4.65. The Bertz CT molecular complexity index is 553. The van der Waals surface area contributed by atoms with E-state index in [4.69, 9.17) is 0 Å². The minimum atomic E-state index is -1.00. The van der Waals surface area contributed by atoms with Crippen LogP contribution < -0.4 is 5.32 Å². The first-order chi connectivity index (χ1) is 9.74. The second-order valence-corrected chi connectivity index (χ2v) is 6.50. The Morgan fingerprint density at radius 2 is 1.81 bits per heavy atom. The summed E-state index contributed by atoms with van der Waals surface area (Å²) in [5.41, 5.74) is -0.547. The summed E-state index contributed by atoms with van der Waals surface area (Å²) in [4.78, 5) is 27.3. The molecular weight excluding hydrogens is 264 g/mol. The van der Waals surface area contributed by atoms with Gasteiger partial charge in [-0.2, -0.15) is 0 Å². The van der Waals surface area contributed by atoms with Crippen molar-refractivity contribution >= 4 is 11.8 Å². The summed E-state index contributed by atoms with van der Waals surface area (Å²) in [6.45, 7) is 9.62. The zero-order valence-electron chi connectivity index (χ0n) is 13.4. The molecule has 0 aromatic heterocycles. The first-order valence-corrected chi connectivity index (χ1v) is 7.45. The second kappa shape index (κ2) is 5.17. The van der Waals surface area contributed by atoms with Gasteiger partial charge in [0.15, 0.2) is 0 Å². The molecule has 0 radical (unpaired) electrons. The number of nitrogens with zero attached hydrogens (tertiary/aromatic N) is 1. The van der Waals surface area contributed by atoms with Crippen molar-refractivity contribution in [3.05, 3.63) is 35.9 Å². The van der Waals surface area contributed by atoms with Gasteiger partial charge in [0.2, 0.25) is 5.91 Å². The molecule has 0 saturated carbocycles. The van der Waals surface area contributed by atoms with Crippen LogP contribution in [0.15, 0.2) is 30.3 Å². The third-order valence-electron chi connectivity index (χ3n) is 4.65. The van der Waals surface area contributed by atoms with Gasteiger partial charge in [-0.15, -0.1) is 0 Å². The van der Waals surface area contributed by atoms with Crippen LogP contribution in [-0.4, -0.2) is 28.3 Å². The first-order valence-electron chi connectivity index (χ1n) is 7.45. The van der Waals surface area contributed by atoms with E-state index in [1.54, 1.807) is 18.7 Å². The lowest BCUT2D eigenvalue weighted by atomic mass is 9.83. The molecule has 1 aliphatic heterocycles. The highest BCUT2D eigenvalue weighted by atomic mass is 16.2. The van der Waals surface area contributed by atoms with E-state index in [9.17, 15) is 9.59 Å². The molecule has 4 heteroatoms. The lowest BCUT2D eigenvalue weighted by Crippen LogP contribution is -2.70. The fourth-order valence-corrected chi connectivity index (χ4v) is 2.87. The maximum atomic E-state index is 13.1. The molecule has 1 heterocycles. The van der Waals surface area contributed by atoms with Crippen LogP contribution in [-0.2, 0) is 15.1 Å². The Morgan fingerprint density at radius 3 is 2.33 bits per heavy atom. The summed E-state index contributed by atoms with van der Waals surface area (Å²) in [7, 11) is 0. The maximum Gasteiger partial charge on any atom is 0.253 e. The monoisotopic (exact) mass is 288 g/mol. The van der Waals surface area contributed by atoms with Gasteiger partial charge in [0.05, 0.1) is 0 Å². The van der Waals surface area contributed by atoms with Gasteiger partial charge in [-0.1, -0.05) is 37.3 Å². The van der Waals surface area contributed by atoms with Crippen LogP contribution in [0.3, 0.4) is 0 Å². The molecule has 1 N–H and O–H groups in total. The largest absolute Gasteiger partial charge is 0.336 e. The van der Waals surface area contributed by atoms with E-state index in [0.29, 0.717) is 0 Å². The van der Waals surface area contributed by atoms with Crippen LogP contribution in [0, 0.1) is 0 Å². The Kier molecular flexibility index (Phi) is 3.83. The second-order valence-electron chi connectivity index (χ2n) is 6.50. The quantitative estimate of drug-likeness (QED) is 0.928. The predicted octanol–water partition coefficient (Wildman–Crippen LogP) is 2.44. The van der Waals surface area contributed by atoms with E-state index in [-0.39, 0.29) is 17.4 Å². The van der Waals surface area contributed by atoms with E-state index in [1.807, 2.05) is 51.1 Å². The van der Waals surface area contributed by atoms with E-state index < -0.39 is 11.6 Å². The van der Waals surface area contributed by atoms with Gasteiger partial charge in [0.1, 0.15) is 11.6 Å². The highest BCUT2D eigenvalue weighted by Gasteiger charge is 2.51. The number of nitrogens with one attached hydrogen (secondary N) is 1. The van der Waals surface area contributed by atoms with Gasteiger partial charge in [0.25, 0.3) is 5.91 Å². The predicted molar refractivity (Wildman–Crippen MR) is 82.6 cm³/mol. The van der Waals surface area contributed by atoms with Crippen molar-refractivity contribution in [3.63, 3.8) is 0 Å². The van der Waals surface area contributed by atoms with Gasteiger partial charge in [-0.25, -0.2) is 0 Å². The maximum absolute atomic E-state index is 13.1. The minimum absolute atomic E-state index is 0.0485. The van der Waals surface area contributed by atoms with Crippen molar-refractivity contribution in [2.75, 3.05) is 0 Å². The minimum Gasteiger partial charge on any atom is -0.336 e. The molecule has 0 aliphatic carbocycles. The smallest absolute Gasteiger partial charge is 0.253 e. The Hall–Kier alpha value is -1.84. The van der Waals surface area contributed by atoms with Gasteiger partial charge in [0, 0.05) is 5.54 Å². The fourth-order valence-electron chi connectivity index (χ4n) is 2.87. The number of carbonyl (C=O) groups excluding carboxylic acids is 2. The van der Waals surface area contributed by atoms with Crippen molar-refractivity contribution in [3.8, 4) is 0 Å². The number of carbonyl (C=O) groups is 2. The molecule has 2 atom stereocenters. The molecule has 2 unspecified atom stereocenters. The van der Waals surface area contributed by atoms with Crippen molar-refractivity contribution < 1.29 is 9.59 Å². The van der Waals surface area contributed by atoms with Gasteiger partial charge >= 0.3 is 0 Å². The standard InChI is InChI=1S/C17H24N2O2/c1-6-16(3,4)19-12(2)14(20)18-17(5,15(19)21)13-10-8-7-9-11-13/h7-12H,6H2,1-5H3,(H,18,20). The first kappa shape index (κ1) is 15.5. The van der Waals surface area contributed by atoms with Crippen molar-refractivity contribution in [2.45, 2.75) is 58.2 Å². The number of hydrogen-bond acceptors (Lipinski definition) is 2. The number of amides is 2. The molecule has 1 fully saturated rings. The molecule has 2 amide bonds. The van der Waals surface area contributed by atoms with Gasteiger partial charge < -0.3 is 10.2 Å². The molecular formula is C17H24N2O2. The van der Waals surface area contributed by atoms with Crippen LogP contribution in [0.25, 0.3) is 0 Å². The molecule has 21 heavy (non-hydrogen) atoms. The lowest BCUT2D eigenvalue weighted by Gasteiger charge is -2.50. The van der Waals surface area contributed by atoms with E-state index in [2.05, 4.69) is 5.32 Å². The SMILES string of the molecule is CCC(C)(C)N1C(=O)C(C)(c2ccccc2)NC(=O)C1C. The van der Waals surface area contributed by atoms with Crippen LogP contribution in [0.2, 0.25) is 0 Å². The van der Waals surface area contributed by atoms with Crippen LogP contribution >= 0.6 is 0 Å². The average molecular weight is 288 g/mol. The Morgan fingerprint density at radius 1 is 1.24 bits per heavy atom. The number of rotatable bonds is 3. The van der Waals surface area contributed by atoms with Crippen molar-refractivity contribution in [1.82, 2.24) is 10.2 Å². The molecule has 2 rings (SSSR count). The summed E-state index contributed by atoms with van der Waals surface area (Å²) in [6.07, 6.45) is 0.793. The summed E-state index contributed by atoms with van der Waals surface area (Å²) >= 11 is 0. The van der Waals surface area contributed by atoms with Crippen LogP contribution in [0.5, 0.6) is 0 Å². The molecule has 0 spiro atoms. The molecule has 1 aromatic rings. The summed E-state index contributed by atoms with van der Waals surface area (Å²) < 4.78 is 0. The van der Waals surface area contributed by atoms with E-state index in [1.165, 1.54) is 0 Å². The highest BCUT2D eigenvalue weighted by Crippen LogP contribution is 2.33. The number of hydrogen-bond donors (Lipinski definition) is 1. The summed E-state index contributed by atoms with van der Waals surface area (Å²) in [5, 5.41) is 2.90. The number of piperazine rings is 1. The van der Waals surface area contributed by atoms with Gasteiger partial charge in [-0.3, -0.25) is 9.59 Å². The average Bonchev–Trinajstić information content (AvgIpc) is 2.46. The van der Waals surface area contributed by atoms with Crippen LogP contribution in [0.4, 0.5) is 0 Å². The third kappa shape index (κ3) is 2.43.